The Bertz CT molecular complexity index is 1520. The number of benzene rings is 1. The van der Waals surface area contributed by atoms with Crippen LogP contribution in [0, 0.1) is 17.5 Å². The van der Waals surface area contributed by atoms with Gasteiger partial charge in [0.05, 0.1) is 23.7 Å². The van der Waals surface area contributed by atoms with Crippen molar-refractivity contribution < 1.29 is 51.3 Å². The van der Waals surface area contributed by atoms with Gasteiger partial charge in [-0.15, -0.1) is 16.9 Å². The summed E-state index contributed by atoms with van der Waals surface area (Å²) >= 11 is 1.07. The van der Waals surface area contributed by atoms with Crippen molar-refractivity contribution in [3.05, 3.63) is 52.8 Å². The van der Waals surface area contributed by atoms with E-state index in [9.17, 15) is 37.3 Å². The van der Waals surface area contributed by atoms with Crippen molar-refractivity contribution in [2.45, 2.75) is 104 Å². The van der Waals surface area contributed by atoms with Gasteiger partial charge in [0.2, 0.25) is 5.92 Å². The first-order valence-electron chi connectivity index (χ1n) is 15.2. The van der Waals surface area contributed by atoms with Crippen LogP contribution in [0.25, 0.3) is 11.3 Å². The summed E-state index contributed by atoms with van der Waals surface area (Å²) in [7, 11) is 1.35. The lowest BCUT2D eigenvalue weighted by Gasteiger charge is -2.46. The molecule has 252 valence electrons. The number of thioether (sulfide) groups is 1. The van der Waals surface area contributed by atoms with Gasteiger partial charge in [0.1, 0.15) is 46.9 Å². The third-order valence-corrected chi connectivity index (χ3v) is 10.8. The number of nitrogens with zero attached hydrogens (tertiary/aromatic N) is 4. The second-order valence-corrected chi connectivity index (χ2v) is 13.5. The van der Waals surface area contributed by atoms with Gasteiger partial charge in [0.15, 0.2) is 17.5 Å². The molecule has 6 atom stereocenters. The first-order chi connectivity index (χ1) is 21.9. The SMILES string of the molecule is CCc1c(C(S[C@@H]2O[C@H](CO)[C@H](O)[C@H](n3cc(-c4cc(F)c(F)c(F)c4)nn3)[C@H]2OC)C2(O)CCC(F)(F)CC2)noc1C1CC1. The molecule has 1 unspecified atom stereocenters. The van der Waals surface area contributed by atoms with E-state index >= 15 is 0 Å². The number of methoxy groups -OCH3 is 1. The van der Waals surface area contributed by atoms with E-state index < -0.39 is 83.5 Å². The molecule has 1 aliphatic heterocycles. The zero-order valence-corrected chi connectivity index (χ0v) is 25.9. The second kappa shape index (κ2) is 12.8. The summed E-state index contributed by atoms with van der Waals surface area (Å²) < 4.78 is 89.0. The number of alkyl halides is 2. The smallest absolute Gasteiger partial charge is 0.248 e. The van der Waals surface area contributed by atoms with E-state index in [0.717, 1.165) is 42.3 Å². The molecule has 3 aliphatic rings. The molecule has 10 nitrogen and oxygen atoms in total. The normalized spacial score (nSPS) is 28.3. The Labute approximate surface area is 265 Å². The van der Waals surface area contributed by atoms with Crippen LogP contribution in [0.2, 0.25) is 0 Å². The molecule has 2 aromatic heterocycles. The first kappa shape index (κ1) is 33.3. The average Bonchev–Trinajstić information content (AvgIpc) is 3.60. The summed E-state index contributed by atoms with van der Waals surface area (Å²) in [6.45, 7) is 1.30. The molecule has 2 saturated carbocycles. The third kappa shape index (κ3) is 6.19. The van der Waals surface area contributed by atoms with Crippen LogP contribution in [-0.4, -0.2) is 84.5 Å². The zero-order chi connectivity index (χ0) is 33.0. The monoisotopic (exact) mass is 674 g/mol. The Balaban J connectivity index is 1.36. The van der Waals surface area contributed by atoms with Crippen molar-refractivity contribution in [3.8, 4) is 11.3 Å². The van der Waals surface area contributed by atoms with E-state index in [1.54, 1.807) is 0 Å². The Hall–Kier alpha value is -2.63. The van der Waals surface area contributed by atoms with Crippen LogP contribution < -0.4 is 0 Å². The molecule has 46 heavy (non-hydrogen) atoms. The van der Waals surface area contributed by atoms with Gasteiger partial charge >= 0.3 is 0 Å². The summed E-state index contributed by atoms with van der Waals surface area (Å²) in [5.74, 6) is -6.49. The highest BCUT2D eigenvalue weighted by Gasteiger charge is 2.54. The fourth-order valence-electron chi connectivity index (χ4n) is 6.43. The molecule has 0 amide bonds. The summed E-state index contributed by atoms with van der Waals surface area (Å²) in [6, 6.07) is 0.434. The maximum absolute atomic E-state index is 14.3. The minimum Gasteiger partial charge on any atom is -0.394 e. The van der Waals surface area contributed by atoms with E-state index in [2.05, 4.69) is 15.5 Å². The molecule has 1 aromatic carbocycles. The van der Waals surface area contributed by atoms with Gasteiger partial charge in [-0.25, -0.2) is 26.6 Å². The van der Waals surface area contributed by atoms with Crippen molar-refractivity contribution >= 4 is 11.8 Å². The largest absolute Gasteiger partial charge is 0.394 e. The fourth-order valence-corrected chi connectivity index (χ4v) is 8.14. The number of hydrogen-bond donors (Lipinski definition) is 3. The van der Waals surface area contributed by atoms with Crippen LogP contribution in [0.3, 0.4) is 0 Å². The first-order valence-corrected chi connectivity index (χ1v) is 16.1. The number of aliphatic hydroxyl groups is 3. The van der Waals surface area contributed by atoms with E-state index in [0.29, 0.717) is 17.9 Å². The van der Waals surface area contributed by atoms with Crippen molar-refractivity contribution in [2.75, 3.05) is 13.7 Å². The van der Waals surface area contributed by atoms with Crippen LogP contribution in [0.4, 0.5) is 22.0 Å². The topological polar surface area (TPSA) is 136 Å². The predicted molar refractivity (Wildman–Crippen MR) is 153 cm³/mol. The van der Waals surface area contributed by atoms with Crippen LogP contribution in [0.5, 0.6) is 0 Å². The number of halogens is 5. The molecule has 2 aliphatic carbocycles. The molecule has 3 N–H and O–H groups in total. The van der Waals surface area contributed by atoms with Crippen LogP contribution in [0.15, 0.2) is 22.9 Å². The van der Waals surface area contributed by atoms with E-state index in [-0.39, 0.29) is 30.0 Å². The standard InChI is InChI=1S/C30H35F5N4O6S/c1-3-16-22(37-45-25(16)14-4-5-14)27(29(42)6-8-30(34,35)9-7-29)46-28-26(43-2)23(24(41)20(13-40)44-28)39-12-19(36-38-39)15-10-17(31)21(33)18(32)11-15/h10-12,14,20,23-24,26-28,40-42H,3-9,13H2,1-2H3/t20-,23+,24+,26-,27?,28+/m1/s1. The fraction of sp³-hybridized carbons (Fsp3) is 0.633. The van der Waals surface area contributed by atoms with Crippen molar-refractivity contribution in [1.82, 2.24) is 20.2 Å². The summed E-state index contributed by atoms with van der Waals surface area (Å²) in [5, 5.41) is 44.9. The molecular formula is C30H35F5N4O6S. The van der Waals surface area contributed by atoms with Gasteiger partial charge in [-0.1, -0.05) is 17.3 Å². The Kier molecular flexibility index (Phi) is 9.23. The van der Waals surface area contributed by atoms with Gasteiger partial charge in [-0.05, 0) is 44.2 Å². The Morgan fingerprint density at radius 2 is 1.80 bits per heavy atom. The molecule has 0 bridgehead atoms. The Morgan fingerprint density at radius 3 is 2.39 bits per heavy atom. The lowest BCUT2D eigenvalue weighted by molar-refractivity contribution is -0.186. The van der Waals surface area contributed by atoms with Gasteiger partial charge in [-0.2, -0.15) is 0 Å². The molecule has 3 heterocycles. The number of ether oxygens (including phenoxy) is 2. The van der Waals surface area contributed by atoms with E-state index in [4.69, 9.17) is 14.0 Å². The maximum atomic E-state index is 14.3. The second-order valence-electron chi connectivity index (χ2n) is 12.3. The summed E-state index contributed by atoms with van der Waals surface area (Å²) in [6.07, 6.45) is -1.44. The summed E-state index contributed by atoms with van der Waals surface area (Å²) in [4.78, 5) is 0. The minimum absolute atomic E-state index is 0.0331. The van der Waals surface area contributed by atoms with Gasteiger partial charge in [0, 0.05) is 37.0 Å². The van der Waals surface area contributed by atoms with Gasteiger partial charge < -0.3 is 29.3 Å². The molecule has 3 aromatic rings. The minimum atomic E-state index is -2.92. The lowest BCUT2D eigenvalue weighted by Crippen LogP contribution is -2.56. The van der Waals surface area contributed by atoms with Crippen LogP contribution >= 0.6 is 11.8 Å². The van der Waals surface area contributed by atoms with Crippen molar-refractivity contribution in [2.24, 2.45) is 0 Å². The molecular weight excluding hydrogens is 639 g/mol. The quantitative estimate of drug-likeness (QED) is 0.203. The number of rotatable bonds is 10. The van der Waals surface area contributed by atoms with Crippen LogP contribution in [-0.2, 0) is 15.9 Å². The number of aliphatic hydroxyl groups excluding tert-OH is 2. The predicted octanol–water partition coefficient (Wildman–Crippen LogP) is 4.84. The molecule has 1 saturated heterocycles. The van der Waals surface area contributed by atoms with Crippen molar-refractivity contribution in [3.63, 3.8) is 0 Å². The highest BCUT2D eigenvalue weighted by atomic mass is 32.2. The third-order valence-electron chi connectivity index (χ3n) is 9.20. The zero-order valence-electron chi connectivity index (χ0n) is 25.1. The van der Waals surface area contributed by atoms with E-state index in [1.165, 1.54) is 18.0 Å². The maximum Gasteiger partial charge on any atom is 0.248 e. The highest BCUT2D eigenvalue weighted by molar-refractivity contribution is 8.00. The average molecular weight is 675 g/mol. The van der Waals surface area contributed by atoms with Crippen molar-refractivity contribution in [1.29, 1.82) is 0 Å². The lowest BCUT2D eigenvalue weighted by atomic mass is 9.78. The summed E-state index contributed by atoms with van der Waals surface area (Å²) in [5.41, 5.74) is -1.57. The number of aromatic nitrogens is 4. The van der Waals surface area contributed by atoms with E-state index in [1.807, 2.05) is 6.92 Å². The molecule has 0 spiro atoms. The van der Waals surface area contributed by atoms with Gasteiger partial charge in [-0.3, -0.25) is 0 Å². The molecule has 3 fully saturated rings. The molecule has 0 radical (unpaired) electrons. The molecule has 6 rings (SSSR count). The van der Waals surface area contributed by atoms with Crippen LogP contribution in [0.1, 0.15) is 79.7 Å². The highest BCUT2D eigenvalue weighted by Crippen LogP contribution is 2.54. The number of hydrogen-bond acceptors (Lipinski definition) is 10. The Morgan fingerprint density at radius 1 is 1.13 bits per heavy atom. The van der Waals surface area contributed by atoms with Gasteiger partial charge in [0.25, 0.3) is 0 Å². The molecule has 16 heteroatoms.